The third-order valence-electron chi connectivity index (χ3n) is 2.88. The molecule has 0 bridgehead atoms. The van der Waals surface area contributed by atoms with E-state index in [0.717, 1.165) is 11.4 Å². The van der Waals surface area contributed by atoms with Crippen LogP contribution in [-0.2, 0) is 7.05 Å². The maximum Gasteiger partial charge on any atom is 0.290 e. The number of aryl methyl sites for hydroxylation is 1. The van der Waals surface area contributed by atoms with Crippen molar-refractivity contribution in [2.24, 2.45) is 12.0 Å². The lowest BCUT2D eigenvalue weighted by atomic mass is 10.3. The summed E-state index contributed by atoms with van der Waals surface area (Å²) in [5, 5.41) is 10.9. The predicted molar refractivity (Wildman–Crippen MR) is 75.5 cm³/mol. The Balaban J connectivity index is 2.31. The van der Waals surface area contributed by atoms with E-state index in [9.17, 15) is 10.1 Å². The summed E-state index contributed by atoms with van der Waals surface area (Å²) >= 11 is 5.74. The number of nitro benzene ring substituents is 1. The third-order valence-corrected chi connectivity index (χ3v) is 3.20. The largest absolute Gasteiger partial charge is 0.347 e. The van der Waals surface area contributed by atoms with Gasteiger partial charge < -0.3 is 4.57 Å². The number of halogens is 1. The van der Waals surface area contributed by atoms with Gasteiger partial charge in [-0.2, -0.15) is 0 Å². The Kier molecular flexibility index (Phi) is 3.66. The zero-order valence-electron chi connectivity index (χ0n) is 10.5. The molecule has 0 amide bonds. The summed E-state index contributed by atoms with van der Waals surface area (Å²) in [4.78, 5) is 14.5. The van der Waals surface area contributed by atoms with E-state index in [-0.39, 0.29) is 10.7 Å². The summed E-state index contributed by atoms with van der Waals surface area (Å²) in [5.74, 6) is 0. The summed E-state index contributed by atoms with van der Waals surface area (Å²) < 4.78 is 1.98. The molecule has 0 fully saturated rings. The van der Waals surface area contributed by atoms with Crippen molar-refractivity contribution in [1.29, 1.82) is 0 Å². The molecule has 0 saturated heterocycles. The number of benzene rings is 1. The molecule has 6 heteroatoms. The van der Waals surface area contributed by atoms with E-state index in [1.807, 2.05) is 30.7 Å². The molecule has 0 radical (unpaired) electrons. The van der Waals surface area contributed by atoms with Crippen LogP contribution in [0.2, 0.25) is 5.02 Å². The van der Waals surface area contributed by atoms with Crippen molar-refractivity contribution in [3.8, 4) is 0 Å². The second-order valence-corrected chi connectivity index (χ2v) is 4.52. The van der Waals surface area contributed by atoms with Gasteiger partial charge in [-0.1, -0.05) is 11.6 Å². The standard InChI is InChI=1S/C13H12ClN3O2/c1-9-3-5-11(16(9)2)8-15-10-4-6-12(14)13(7-10)17(18)19/h3-8H,1-2H3. The summed E-state index contributed by atoms with van der Waals surface area (Å²) in [7, 11) is 1.93. The van der Waals surface area contributed by atoms with Crippen LogP contribution in [0, 0.1) is 17.0 Å². The smallest absolute Gasteiger partial charge is 0.290 e. The number of hydrogen-bond acceptors (Lipinski definition) is 3. The zero-order chi connectivity index (χ0) is 14.0. The lowest BCUT2D eigenvalue weighted by Gasteiger charge is -2.00. The Hall–Kier alpha value is -2.14. The van der Waals surface area contributed by atoms with E-state index >= 15 is 0 Å². The van der Waals surface area contributed by atoms with Gasteiger partial charge >= 0.3 is 0 Å². The van der Waals surface area contributed by atoms with Gasteiger partial charge in [-0.25, -0.2) is 0 Å². The van der Waals surface area contributed by atoms with Crippen molar-refractivity contribution >= 4 is 29.2 Å². The highest BCUT2D eigenvalue weighted by molar-refractivity contribution is 6.32. The van der Waals surface area contributed by atoms with Gasteiger partial charge in [0.15, 0.2) is 0 Å². The third kappa shape index (κ3) is 2.82. The first-order valence-corrected chi connectivity index (χ1v) is 5.97. The number of nitrogens with zero attached hydrogens (tertiary/aromatic N) is 3. The lowest BCUT2D eigenvalue weighted by Crippen LogP contribution is -1.96. The SMILES string of the molecule is Cc1ccc(C=Nc2ccc(Cl)c([N+](=O)[O-])c2)n1C. The first-order chi connectivity index (χ1) is 8.99. The van der Waals surface area contributed by atoms with Crippen LogP contribution in [0.15, 0.2) is 35.3 Å². The first-order valence-electron chi connectivity index (χ1n) is 5.59. The van der Waals surface area contributed by atoms with E-state index in [1.54, 1.807) is 12.3 Å². The van der Waals surface area contributed by atoms with E-state index < -0.39 is 4.92 Å². The molecule has 0 N–H and O–H groups in total. The minimum Gasteiger partial charge on any atom is -0.347 e. The van der Waals surface area contributed by atoms with E-state index in [4.69, 9.17) is 11.6 Å². The molecule has 1 heterocycles. The normalized spacial score (nSPS) is 11.1. The van der Waals surface area contributed by atoms with Crippen molar-refractivity contribution in [2.45, 2.75) is 6.92 Å². The fourth-order valence-electron chi connectivity index (χ4n) is 1.62. The molecule has 0 spiro atoms. The molecular weight excluding hydrogens is 266 g/mol. The van der Waals surface area contributed by atoms with Crippen molar-refractivity contribution in [3.05, 3.63) is 56.9 Å². The number of rotatable bonds is 3. The highest BCUT2D eigenvalue weighted by Crippen LogP contribution is 2.28. The van der Waals surface area contributed by atoms with Gasteiger partial charge in [0, 0.05) is 18.8 Å². The number of aliphatic imine (C=N–C) groups is 1. The molecule has 1 aromatic heterocycles. The summed E-state index contributed by atoms with van der Waals surface area (Å²) in [5.41, 5.74) is 2.40. The van der Waals surface area contributed by atoms with Crippen LogP contribution in [0.1, 0.15) is 11.4 Å². The molecule has 0 unspecified atom stereocenters. The average molecular weight is 278 g/mol. The fraction of sp³-hybridized carbons (Fsp3) is 0.154. The van der Waals surface area contributed by atoms with Crippen molar-refractivity contribution < 1.29 is 4.92 Å². The average Bonchev–Trinajstić information content (AvgIpc) is 2.69. The Labute approximate surface area is 115 Å². The van der Waals surface area contributed by atoms with Crippen LogP contribution in [0.4, 0.5) is 11.4 Å². The minimum absolute atomic E-state index is 0.110. The molecule has 2 aromatic rings. The minimum atomic E-state index is -0.520. The molecule has 2 rings (SSSR count). The Morgan fingerprint density at radius 1 is 1.37 bits per heavy atom. The van der Waals surface area contributed by atoms with Gasteiger partial charge in [-0.15, -0.1) is 0 Å². The molecule has 5 nitrogen and oxygen atoms in total. The molecule has 0 saturated carbocycles. The maximum atomic E-state index is 10.8. The van der Waals surface area contributed by atoms with Crippen LogP contribution in [0.5, 0.6) is 0 Å². The molecule has 0 aliphatic rings. The van der Waals surface area contributed by atoms with Gasteiger partial charge in [0.25, 0.3) is 5.69 Å². The van der Waals surface area contributed by atoms with Crippen LogP contribution >= 0.6 is 11.6 Å². The van der Waals surface area contributed by atoms with E-state index in [1.165, 1.54) is 12.1 Å². The second kappa shape index (κ2) is 5.24. The van der Waals surface area contributed by atoms with Crippen LogP contribution < -0.4 is 0 Å². The monoisotopic (exact) mass is 277 g/mol. The van der Waals surface area contributed by atoms with E-state index in [0.29, 0.717) is 5.69 Å². The Bertz CT molecular complexity index is 662. The molecule has 0 aliphatic heterocycles. The van der Waals surface area contributed by atoms with Crippen molar-refractivity contribution in [3.63, 3.8) is 0 Å². The maximum absolute atomic E-state index is 10.8. The summed E-state index contributed by atoms with van der Waals surface area (Å²) in [6, 6.07) is 8.38. The second-order valence-electron chi connectivity index (χ2n) is 4.11. The van der Waals surface area contributed by atoms with Crippen LogP contribution in [-0.4, -0.2) is 15.7 Å². The molecule has 0 atom stereocenters. The van der Waals surface area contributed by atoms with Crippen molar-refractivity contribution in [1.82, 2.24) is 4.57 Å². The molecule has 19 heavy (non-hydrogen) atoms. The highest BCUT2D eigenvalue weighted by atomic mass is 35.5. The summed E-state index contributed by atoms with van der Waals surface area (Å²) in [6.45, 7) is 1.99. The fourth-order valence-corrected chi connectivity index (χ4v) is 1.81. The van der Waals surface area contributed by atoms with Gasteiger partial charge in [0.05, 0.1) is 22.5 Å². The molecule has 0 aliphatic carbocycles. The quantitative estimate of drug-likeness (QED) is 0.488. The van der Waals surface area contributed by atoms with Gasteiger partial charge in [-0.3, -0.25) is 15.1 Å². The van der Waals surface area contributed by atoms with Crippen molar-refractivity contribution in [2.75, 3.05) is 0 Å². The number of nitro groups is 1. The first kappa shape index (κ1) is 13.3. The topological polar surface area (TPSA) is 60.4 Å². The molecular formula is C13H12ClN3O2. The lowest BCUT2D eigenvalue weighted by molar-refractivity contribution is -0.384. The highest BCUT2D eigenvalue weighted by Gasteiger charge is 2.12. The Morgan fingerprint density at radius 3 is 2.68 bits per heavy atom. The van der Waals surface area contributed by atoms with Gasteiger partial charge in [0.2, 0.25) is 0 Å². The predicted octanol–water partition coefficient (Wildman–Crippen LogP) is 3.65. The molecule has 1 aromatic carbocycles. The number of hydrogen-bond donors (Lipinski definition) is 0. The van der Waals surface area contributed by atoms with Gasteiger partial charge in [0.1, 0.15) is 5.02 Å². The van der Waals surface area contributed by atoms with Crippen LogP contribution in [0.3, 0.4) is 0 Å². The summed E-state index contributed by atoms with van der Waals surface area (Å²) in [6.07, 6.45) is 1.67. The van der Waals surface area contributed by atoms with E-state index in [2.05, 4.69) is 4.99 Å². The zero-order valence-corrected chi connectivity index (χ0v) is 11.3. The van der Waals surface area contributed by atoms with Gasteiger partial charge in [-0.05, 0) is 31.2 Å². The molecule has 98 valence electrons. The Morgan fingerprint density at radius 2 is 2.11 bits per heavy atom. The van der Waals surface area contributed by atoms with Crippen LogP contribution in [0.25, 0.3) is 0 Å². The number of aromatic nitrogens is 1.